The van der Waals surface area contributed by atoms with Gasteiger partial charge in [0.15, 0.2) is 5.89 Å². The van der Waals surface area contributed by atoms with E-state index in [0.717, 1.165) is 0 Å². The molecule has 0 unspecified atom stereocenters. The lowest BCUT2D eigenvalue weighted by atomic mass is 10.0. The van der Waals surface area contributed by atoms with Gasteiger partial charge in [0.2, 0.25) is 5.76 Å². The molecule has 18 heavy (non-hydrogen) atoms. The molecule has 1 aromatic rings. The number of hydrogen-bond acceptors (Lipinski definition) is 3. The van der Waals surface area contributed by atoms with E-state index in [1.54, 1.807) is 0 Å². The molecule has 1 heterocycles. The van der Waals surface area contributed by atoms with E-state index in [0.29, 0.717) is 11.6 Å². The molecule has 0 bridgehead atoms. The van der Waals surface area contributed by atoms with Crippen molar-refractivity contribution in [3.63, 3.8) is 0 Å². The zero-order valence-electron chi connectivity index (χ0n) is 11.9. The Morgan fingerprint density at radius 3 is 2.06 bits per heavy atom. The Morgan fingerprint density at radius 1 is 1.28 bits per heavy atom. The number of aromatic nitrogens is 1. The highest BCUT2D eigenvalue weighted by atomic mass is 16.4. The fraction of sp³-hybridized carbons (Fsp3) is 0.714. The average Bonchev–Trinajstić information content (AvgIpc) is 2.59. The summed E-state index contributed by atoms with van der Waals surface area (Å²) in [5.41, 5.74) is 0.750. The highest BCUT2D eigenvalue weighted by Crippen LogP contribution is 2.73. The topological polar surface area (TPSA) is 63.3 Å². The van der Waals surface area contributed by atoms with Gasteiger partial charge in [-0.3, -0.25) is 0 Å². The van der Waals surface area contributed by atoms with Gasteiger partial charge in [-0.25, -0.2) is 9.78 Å². The molecule has 1 aliphatic rings. The minimum atomic E-state index is -1.03. The number of carbonyl (C=O) groups is 1. The lowest BCUT2D eigenvalue weighted by Gasteiger charge is -2.03. The number of carboxylic acid groups (broad SMARTS) is 1. The second kappa shape index (κ2) is 3.59. The maximum Gasteiger partial charge on any atom is 0.373 e. The van der Waals surface area contributed by atoms with E-state index in [4.69, 9.17) is 9.52 Å². The van der Waals surface area contributed by atoms with Crippen LogP contribution < -0.4 is 0 Å². The summed E-state index contributed by atoms with van der Waals surface area (Å²) in [7, 11) is 0. The minimum Gasteiger partial charge on any atom is -0.475 e. The Kier molecular flexibility index (Phi) is 2.62. The van der Waals surface area contributed by atoms with Gasteiger partial charge in [0.25, 0.3) is 0 Å². The van der Waals surface area contributed by atoms with Gasteiger partial charge in [-0.15, -0.1) is 0 Å². The molecule has 1 aliphatic carbocycles. The van der Waals surface area contributed by atoms with Crippen LogP contribution in [-0.2, 0) is 0 Å². The Morgan fingerprint density at radius 2 is 1.78 bits per heavy atom. The van der Waals surface area contributed by atoms with Crippen molar-refractivity contribution in [1.29, 1.82) is 0 Å². The molecule has 100 valence electrons. The third kappa shape index (κ3) is 1.58. The molecule has 1 aromatic heterocycles. The molecule has 0 atom stereocenters. The van der Waals surface area contributed by atoms with E-state index in [1.807, 2.05) is 13.8 Å². The van der Waals surface area contributed by atoms with Gasteiger partial charge in [-0.05, 0) is 16.7 Å². The van der Waals surface area contributed by atoms with Gasteiger partial charge in [-0.1, -0.05) is 41.5 Å². The summed E-state index contributed by atoms with van der Waals surface area (Å²) in [5.74, 6) is -0.215. The van der Waals surface area contributed by atoms with Gasteiger partial charge in [0, 0.05) is 5.92 Å². The van der Waals surface area contributed by atoms with Crippen molar-refractivity contribution >= 4 is 5.97 Å². The van der Waals surface area contributed by atoms with Crippen molar-refractivity contribution in [3.05, 3.63) is 17.3 Å². The molecular weight excluding hydrogens is 230 g/mol. The number of carboxylic acids is 1. The summed E-state index contributed by atoms with van der Waals surface area (Å²) in [5, 5.41) is 9.16. The lowest BCUT2D eigenvalue weighted by Crippen LogP contribution is -2.01. The Balaban J connectivity index is 2.44. The second-order valence-electron chi connectivity index (χ2n) is 6.60. The van der Waals surface area contributed by atoms with Crippen LogP contribution in [0.25, 0.3) is 0 Å². The van der Waals surface area contributed by atoms with Crippen LogP contribution in [0.4, 0.5) is 0 Å². The van der Waals surface area contributed by atoms with Crippen molar-refractivity contribution in [1.82, 2.24) is 4.98 Å². The highest BCUT2D eigenvalue weighted by Gasteiger charge is 2.67. The molecule has 0 spiro atoms. The predicted octanol–water partition coefficient (Wildman–Crippen LogP) is 3.65. The van der Waals surface area contributed by atoms with E-state index >= 15 is 0 Å². The number of hydrogen-bond donors (Lipinski definition) is 1. The first kappa shape index (κ1) is 13.1. The van der Waals surface area contributed by atoms with Crippen molar-refractivity contribution in [2.45, 2.75) is 53.4 Å². The molecule has 1 N–H and O–H groups in total. The van der Waals surface area contributed by atoms with Crippen molar-refractivity contribution < 1.29 is 14.3 Å². The first-order chi connectivity index (χ1) is 8.10. The van der Waals surface area contributed by atoms with E-state index in [2.05, 4.69) is 32.7 Å². The van der Waals surface area contributed by atoms with E-state index in [1.165, 1.54) is 0 Å². The zero-order chi connectivity index (χ0) is 13.9. The molecule has 4 heteroatoms. The van der Waals surface area contributed by atoms with E-state index < -0.39 is 5.97 Å². The summed E-state index contributed by atoms with van der Waals surface area (Å²) in [6.45, 7) is 12.5. The molecule has 0 saturated heterocycles. The fourth-order valence-electron chi connectivity index (χ4n) is 2.83. The largest absolute Gasteiger partial charge is 0.475 e. The molecule has 4 nitrogen and oxygen atoms in total. The van der Waals surface area contributed by atoms with Crippen molar-refractivity contribution in [3.8, 4) is 0 Å². The predicted molar refractivity (Wildman–Crippen MR) is 67.9 cm³/mol. The maximum atomic E-state index is 11.2. The van der Waals surface area contributed by atoms with Crippen LogP contribution in [0, 0.1) is 10.8 Å². The summed E-state index contributed by atoms with van der Waals surface area (Å²) < 4.78 is 5.52. The first-order valence-electron chi connectivity index (χ1n) is 6.34. The number of rotatable bonds is 3. The Bertz CT molecular complexity index is 483. The van der Waals surface area contributed by atoms with Gasteiger partial charge in [0.05, 0.1) is 5.69 Å². The highest BCUT2D eigenvalue weighted by molar-refractivity contribution is 5.85. The normalized spacial score (nSPS) is 21.3. The van der Waals surface area contributed by atoms with Crippen LogP contribution in [0.15, 0.2) is 4.42 Å². The molecule has 1 fully saturated rings. The van der Waals surface area contributed by atoms with Crippen LogP contribution in [-0.4, -0.2) is 16.1 Å². The summed E-state index contributed by atoms with van der Waals surface area (Å²) in [6, 6.07) is 0. The van der Waals surface area contributed by atoms with Gasteiger partial charge in [-0.2, -0.15) is 0 Å². The van der Waals surface area contributed by atoms with Gasteiger partial charge >= 0.3 is 5.97 Å². The average molecular weight is 251 g/mol. The first-order valence-corrected chi connectivity index (χ1v) is 6.34. The molecule has 0 aromatic carbocycles. The molecule has 0 radical (unpaired) electrons. The Labute approximate surface area is 107 Å². The van der Waals surface area contributed by atoms with E-state index in [9.17, 15) is 4.79 Å². The third-order valence-electron chi connectivity index (χ3n) is 4.68. The van der Waals surface area contributed by atoms with Gasteiger partial charge in [0.1, 0.15) is 0 Å². The molecule has 0 amide bonds. The Hall–Kier alpha value is -1.32. The minimum absolute atomic E-state index is 0.00139. The van der Waals surface area contributed by atoms with Gasteiger partial charge < -0.3 is 9.52 Å². The smallest absolute Gasteiger partial charge is 0.373 e. The third-order valence-corrected chi connectivity index (χ3v) is 4.68. The summed E-state index contributed by atoms with van der Waals surface area (Å²) in [4.78, 5) is 15.6. The number of nitrogens with zero attached hydrogens (tertiary/aromatic N) is 1. The second-order valence-corrected chi connectivity index (χ2v) is 6.60. The SMILES string of the molecule is CC(C)c1nc(C2C(C)(C)C2(C)C)oc1C(=O)O. The van der Waals surface area contributed by atoms with Crippen molar-refractivity contribution in [2.75, 3.05) is 0 Å². The monoisotopic (exact) mass is 251 g/mol. The van der Waals surface area contributed by atoms with Crippen LogP contribution >= 0.6 is 0 Å². The van der Waals surface area contributed by atoms with Crippen LogP contribution in [0.2, 0.25) is 0 Å². The number of oxazole rings is 1. The quantitative estimate of drug-likeness (QED) is 0.890. The summed E-state index contributed by atoms with van der Waals surface area (Å²) in [6.07, 6.45) is 0. The summed E-state index contributed by atoms with van der Waals surface area (Å²) >= 11 is 0. The molecular formula is C14H21NO3. The van der Waals surface area contributed by atoms with E-state index in [-0.39, 0.29) is 28.4 Å². The fourth-order valence-corrected chi connectivity index (χ4v) is 2.83. The van der Waals surface area contributed by atoms with Crippen LogP contribution in [0.5, 0.6) is 0 Å². The van der Waals surface area contributed by atoms with Crippen LogP contribution in [0.1, 0.15) is 75.5 Å². The van der Waals surface area contributed by atoms with Crippen molar-refractivity contribution in [2.24, 2.45) is 10.8 Å². The molecule has 1 saturated carbocycles. The maximum absolute atomic E-state index is 11.2. The zero-order valence-corrected chi connectivity index (χ0v) is 11.9. The molecule has 2 rings (SSSR count). The standard InChI is InChI=1S/C14H21NO3/c1-7(2)8-9(12(16)17)18-11(15-8)10-13(3,4)14(10,5)6/h7,10H,1-6H3,(H,16,17). The molecule has 0 aliphatic heterocycles. The number of aromatic carboxylic acids is 1. The lowest BCUT2D eigenvalue weighted by molar-refractivity contribution is 0.0657. The van der Waals surface area contributed by atoms with Crippen LogP contribution in [0.3, 0.4) is 0 Å².